The maximum Gasteiger partial charge on any atom is 0.275 e. The van der Waals surface area contributed by atoms with E-state index in [9.17, 15) is 4.79 Å². The van der Waals surface area contributed by atoms with Crippen molar-refractivity contribution >= 4 is 22.9 Å². The van der Waals surface area contributed by atoms with E-state index in [0.29, 0.717) is 5.69 Å². The number of aromatic nitrogens is 1. The van der Waals surface area contributed by atoms with Crippen LogP contribution in [0.3, 0.4) is 0 Å². The number of thiazole rings is 1. The number of nitrogens with one attached hydrogen (secondary N) is 1. The Hall–Kier alpha value is -1.72. The van der Waals surface area contributed by atoms with Crippen LogP contribution in [0.2, 0.25) is 0 Å². The zero-order valence-corrected chi connectivity index (χ0v) is 9.75. The van der Waals surface area contributed by atoms with E-state index in [2.05, 4.69) is 10.3 Å². The van der Waals surface area contributed by atoms with Gasteiger partial charge in [0.25, 0.3) is 5.91 Å². The minimum Gasteiger partial charge on any atom is -0.344 e. The van der Waals surface area contributed by atoms with E-state index in [1.165, 1.54) is 11.3 Å². The molecule has 5 heteroatoms. The summed E-state index contributed by atoms with van der Waals surface area (Å²) in [6, 6.07) is 7.66. The van der Waals surface area contributed by atoms with Crippen molar-refractivity contribution < 1.29 is 4.79 Å². The SMILES string of the molecule is Cc1ccccc1NC(=O)c1cscn1.N. The van der Waals surface area contributed by atoms with Gasteiger partial charge in [-0.05, 0) is 18.6 Å². The Kier molecular flexibility index (Phi) is 4.16. The smallest absolute Gasteiger partial charge is 0.275 e. The Bertz CT molecular complexity index is 468. The molecule has 1 aromatic heterocycles. The van der Waals surface area contributed by atoms with E-state index in [1.807, 2.05) is 31.2 Å². The molecule has 1 heterocycles. The molecule has 0 unspecified atom stereocenters. The third kappa shape index (κ3) is 2.65. The van der Waals surface area contributed by atoms with Crippen LogP contribution in [0.1, 0.15) is 16.1 Å². The van der Waals surface area contributed by atoms with Gasteiger partial charge in [0.1, 0.15) is 5.69 Å². The van der Waals surface area contributed by atoms with E-state index in [-0.39, 0.29) is 12.1 Å². The van der Waals surface area contributed by atoms with Crippen LogP contribution in [0.25, 0.3) is 0 Å². The molecule has 0 fully saturated rings. The van der Waals surface area contributed by atoms with Crippen LogP contribution in [0.5, 0.6) is 0 Å². The molecule has 0 spiro atoms. The van der Waals surface area contributed by atoms with Crippen molar-refractivity contribution in [2.24, 2.45) is 0 Å². The van der Waals surface area contributed by atoms with Crippen molar-refractivity contribution in [2.75, 3.05) is 5.32 Å². The molecule has 0 saturated carbocycles. The molecule has 0 bridgehead atoms. The average molecular weight is 235 g/mol. The molecule has 0 aliphatic rings. The van der Waals surface area contributed by atoms with Gasteiger partial charge in [0.05, 0.1) is 5.51 Å². The molecule has 84 valence electrons. The van der Waals surface area contributed by atoms with Gasteiger partial charge in [-0.3, -0.25) is 4.79 Å². The van der Waals surface area contributed by atoms with Gasteiger partial charge in [-0.1, -0.05) is 18.2 Å². The first-order valence-corrected chi connectivity index (χ1v) is 5.47. The molecule has 1 aromatic carbocycles. The summed E-state index contributed by atoms with van der Waals surface area (Å²) in [6.07, 6.45) is 0. The second-order valence-corrected chi connectivity index (χ2v) is 3.86. The molecule has 0 atom stereocenters. The summed E-state index contributed by atoms with van der Waals surface area (Å²) in [4.78, 5) is 15.6. The van der Waals surface area contributed by atoms with E-state index in [0.717, 1.165) is 11.3 Å². The molecule has 0 radical (unpaired) electrons. The monoisotopic (exact) mass is 235 g/mol. The van der Waals surface area contributed by atoms with Gasteiger partial charge in [-0.2, -0.15) is 0 Å². The van der Waals surface area contributed by atoms with Gasteiger partial charge < -0.3 is 11.5 Å². The minimum atomic E-state index is -0.162. The Morgan fingerprint density at radius 2 is 2.12 bits per heavy atom. The molecule has 16 heavy (non-hydrogen) atoms. The molecule has 1 amide bonds. The summed E-state index contributed by atoms with van der Waals surface area (Å²) in [5, 5.41) is 4.55. The van der Waals surface area contributed by atoms with Crippen LogP contribution in [-0.4, -0.2) is 10.9 Å². The molecular weight excluding hydrogens is 222 g/mol. The molecule has 4 nitrogen and oxygen atoms in total. The Morgan fingerprint density at radius 3 is 2.75 bits per heavy atom. The maximum absolute atomic E-state index is 11.7. The van der Waals surface area contributed by atoms with Crippen molar-refractivity contribution in [2.45, 2.75) is 6.92 Å². The summed E-state index contributed by atoms with van der Waals surface area (Å²) in [5.74, 6) is -0.162. The summed E-state index contributed by atoms with van der Waals surface area (Å²) >= 11 is 1.41. The van der Waals surface area contributed by atoms with Crippen LogP contribution in [0, 0.1) is 6.92 Å². The zero-order chi connectivity index (χ0) is 10.7. The largest absolute Gasteiger partial charge is 0.344 e. The number of aryl methyl sites for hydroxylation is 1. The fourth-order valence-electron chi connectivity index (χ4n) is 1.22. The number of carbonyl (C=O) groups is 1. The van der Waals surface area contributed by atoms with Crippen molar-refractivity contribution in [3.05, 3.63) is 46.4 Å². The molecule has 2 aromatic rings. The molecule has 0 aliphatic carbocycles. The molecule has 2 rings (SSSR count). The summed E-state index contributed by atoms with van der Waals surface area (Å²) < 4.78 is 0. The lowest BCUT2D eigenvalue weighted by Crippen LogP contribution is -2.12. The highest BCUT2D eigenvalue weighted by Gasteiger charge is 2.08. The number of amides is 1. The standard InChI is InChI=1S/C11H10N2OS.H3N/c1-8-4-2-3-5-9(8)13-11(14)10-6-15-7-12-10;/h2-7H,1H3,(H,13,14);1H3. The fraction of sp³-hybridized carbons (Fsp3) is 0.0909. The summed E-state index contributed by atoms with van der Waals surface area (Å²) in [5.41, 5.74) is 3.98. The van der Waals surface area contributed by atoms with Gasteiger partial charge in [-0.25, -0.2) is 4.98 Å². The molecule has 0 saturated heterocycles. The van der Waals surface area contributed by atoms with Crippen molar-refractivity contribution in [1.29, 1.82) is 0 Å². The summed E-state index contributed by atoms with van der Waals surface area (Å²) in [7, 11) is 0. The maximum atomic E-state index is 11.7. The van der Waals surface area contributed by atoms with Crippen molar-refractivity contribution in [3.63, 3.8) is 0 Å². The Balaban J connectivity index is 0.00000128. The number of para-hydroxylation sites is 1. The summed E-state index contributed by atoms with van der Waals surface area (Å²) in [6.45, 7) is 1.96. The predicted molar refractivity (Wildman–Crippen MR) is 66.3 cm³/mol. The number of nitrogens with zero attached hydrogens (tertiary/aromatic N) is 1. The van der Waals surface area contributed by atoms with Crippen LogP contribution < -0.4 is 11.5 Å². The third-order valence-corrected chi connectivity index (χ3v) is 2.64. The van der Waals surface area contributed by atoms with E-state index < -0.39 is 0 Å². The van der Waals surface area contributed by atoms with Gasteiger partial charge in [0.2, 0.25) is 0 Å². The zero-order valence-electron chi connectivity index (χ0n) is 8.93. The van der Waals surface area contributed by atoms with Gasteiger partial charge in [-0.15, -0.1) is 11.3 Å². The average Bonchev–Trinajstić information content (AvgIpc) is 2.74. The minimum absolute atomic E-state index is 0. The van der Waals surface area contributed by atoms with Crippen molar-refractivity contribution in [1.82, 2.24) is 11.1 Å². The van der Waals surface area contributed by atoms with Gasteiger partial charge in [0, 0.05) is 11.1 Å². The number of rotatable bonds is 2. The topological polar surface area (TPSA) is 77.0 Å². The number of carbonyl (C=O) groups excluding carboxylic acids is 1. The van der Waals surface area contributed by atoms with E-state index >= 15 is 0 Å². The van der Waals surface area contributed by atoms with E-state index in [1.54, 1.807) is 10.9 Å². The van der Waals surface area contributed by atoms with Crippen LogP contribution in [-0.2, 0) is 0 Å². The van der Waals surface area contributed by atoms with Gasteiger partial charge >= 0.3 is 0 Å². The van der Waals surface area contributed by atoms with E-state index in [4.69, 9.17) is 0 Å². The highest BCUT2D eigenvalue weighted by atomic mass is 32.1. The van der Waals surface area contributed by atoms with Crippen molar-refractivity contribution in [3.8, 4) is 0 Å². The Morgan fingerprint density at radius 1 is 1.38 bits per heavy atom. The number of benzene rings is 1. The first-order chi connectivity index (χ1) is 7.27. The lowest BCUT2D eigenvalue weighted by molar-refractivity contribution is 0.102. The predicted octanol–water partition coefficient (Wildman–Crippen LogP) is 2.87. The Labute approximate surface area is 97.9 Å². The molecular formula is C11H13N3OS. The van der Waals surface area contributed by atoms with Gasteiger partial charge in [0.15, 0.2) is 0 Å². The first-order valence-electron chi connectivity index (χ1n) is 4.52. The second kappa shape index (κ2) is 5.39. The number of hydrogen-bond donors (Lipinski definition) is 2. The fourth-order valence-corrected chi connectivity index (χ4v) is 1.76. The molecule has 0 aliphatic heterocycles. The number of hydrogen-bond acceptors (Lipinski definition) is 4. The highest BCUT2D eigenvalue weighted by molar-refractivity contribution is 7.07. The van der Waals surface area contributed by atoms with Crippen LogP contribution in [0.4, 0.5) is 5.69 Å². The first kappa shape index (κ1) is 12.4. The second-order valence-electron chi connectivity index (χ2n) is 3.14. The molecule has 4 N–H and O–H groups in total. The lowest BCUT2D eigenvalue weighted by atomic mass is 10.2. The number of anilines is 1. The van der Waals surface area contributed by atoms with Crippen LogP contribution >= 0.6 is 11.3 Å². The quantitative estimate of drug-likeness (QED) is 0.840. The highest BCUT2D eigenvalue weighted by Crippen LogP contribution is 2.14. The lowest BCUT2D eigenvalue weighted by Gasteiger charge is -2.05. The third-order valence-electron chi connectivity index (χ3n) is 2.06. The normalized spacial score (nSPS) is 9.31. The van der Waals surface area contributed by atoms with Crippen LogP contribution in [0.15, 0.2) is 35.2 Å².